The molecule has 0 bridgehead atoms. The normalized spacial score (nSPS) is 10.7. The maximum Gasteiger partial charge on any atom is 0.338 e. The molecule has 0 aliphatic rings. The Balaban J connectivity index is 2.22. The quantitative estimate of drug-likeness (QED) is 0.461. The van der Waals surface area contributed by atoms with Crippen molar-refractivity contribution in [3.8, 4) is 5.69 Å². The molecule has 8 heteroatoms. The average Bonchev–Trinajstić information content (AvgIpc) is 3.00. The fourth-order valence-corrected chi connectivity index (χ4v) is 1.79. The molecule has 0 spiro atoms. The van der Waals surface area contributed by atoms with Gasteiger partial charge in [-0.2, -0.15) is 5.10 Å². The Hall–Kier alpha value is -2.77. The summed E-state index contributed by atoms with van der Waals surface area (Å²) in [6, 6.07) is 4.11. The van der Waals surface area contributed by atoms with E-state index in [-0.39, 0.29) is 23.5 Å². The predicted octanol–water partition coefficient (Wildman–Crippen LogP) is 2.38. The summed E-state index contributed by atoms with van der Waals surface area (Å²) in [5, 5.41) is 15.0. The molecule has 0 aliphatic carbocycles. The Labute approximate surface area is 126 Å². The highest BCUT2D eigenvalue weighted by Gasteiger charge is 2.20. The molecule has 2 rings (SSSR count). The smallest absolute Gasteiger partial charge is 0.338 e. The molecule has 2 aromatic rings. The van der Waals surface area contributed by atoms with Crippen LogP contribution in [0.2, 0.25) is 0 Å². The van der Waals surface area contributed by atoms with Gasteiger partial charge in [0.2, 0.25) is 0 Å². The number of rotatable bonds is 6. The Morgan fingerprint density at radius 3 is 2.82 bits per heavy atom. The van der Waals surface area contributed by atoms with Crippen molar-refractivity contribution in [3.05, 3.63) is 46.5 Å². The molecule has 0 atom stereocenters. The van der Waals surface area contributed by atoms with Crippen LogP contribution in [0.3, 0.4) is 0 Å². The molecule has 1 aromatic heterocycles. The maximum atomic E-state index is 11.9. The summed E-state index contributed by atoms with van der Waals surface area (Å²) in [6.45, 7) is 4.33. The molecule has 8 nitrogen and oxygen atoms in total. The number of carbonyl (C=O) groups excluding carboxylic acids is 1. The fourth-order valence-electron chi connectivity index (χ4n) is 1.79. The molecule has 0 amide bonds. The minimum absolute atomic E-state index is 0.138. The summed E-state index contributed by atoms with van der Waals surface area (Å²) in [7, 11) is 0. The Bertz CT molecular complexity index is 667. The van der Waals surface area contributed by atoms with Crippen molar-refractivity contribution in [1.29, 1.82) is 0 Å². The third kappa shape index (κ3) is 3.66. The van der Waals surface area contributed by atoms with E-state index in [1.165, 1.54) is 35.5 Å². The van der Waals surface area contributed by atoms with Crippen LogP contribution in [0.5, 0.6) is 0 Å². The molecule has 0 saturated heterocycles. The van der Waals surface area contributed by atoms with Crippen LogP contribution >= 0.6 is 0 Å². The highest BCUT2D eigenvalue weighted by Crippen LogP contribution is 2.24. The van der Waals surface area contributed by atoms with E-state index >= 15 is 0 Å². The van der Waals surface area contributed by atoms with Crippen LogP contribution < -0.4 is 0 Å². The molecule has 0 unspecified atom stereocenters. The van der Waals surface area contributed by atoms with Crippen LogP contribution in [0.25, 0.3) is 5.69 Å². The number of nitro benzene ring substituents is 1. The summed E-state index contributed by atoms with van der Waals surface area (Å²) in [5.41, 5.74) is 0.143. The molecule has 0 aliphatic heterocycles. The highest BCUT2D eigenvalue weighted by molar-refractivity contribution is 5.90. The summed E-state index contributed by atoms with van der Waals surface area (Å²) < 4.78 is 6.38. The third-order valence-corrected chi connectivity index (χ3v) is 3.00. The number of nitro groups is 1. The minimum atomic E-state index is -0.575. The van der Waals surface area contributed by atoms with Crippen molar-refractivity contribution in [2.45, 2.75) is 20.3 Å². The lowest BCUT2D eigenvalue weighted by atomic mass is 10.1. The fraction of sp³-hybridized carbons (Fsp3) is 0.357. The molecular weight excluding hydrogens is 288 g/mol. The second-order valence-corrected chi connectivity index (χ2v) is 5.12. The number of nitrogens with zero attached hydrogens (tertiary/aromatic N) is 4. The maximum absolute atomic E-state index is 11.9. The molecular formula is C14H16N4O4. The van der Waals surface area contributed by atoms with E-state index in [4.69, 9.17) is 4.74 Å². The zero-order chi connectivity index (χ0) is 16.1. The van der Waals surface area contributed by atoms with Gasteiger partial charge >= 0.3 is 5.97 Å². The summed E-state index contributed by atoms with van der Waals surface area (Å²) in [6.07, 6.45) is 3.37. The molecule has 0 radical (unpaired) electrons. The Morgan fingerprint density at radius 1 is 1.45 bits per heavy atom. The molecule has 1 aromatic carbocycles. The van der Waals surface area contributed by atoms with E-state index in [1.54, 1.807) is 0 Å². The van der Waals surface area contributed by atoms with E-state index in [9.17, 15) is 14.9 Å². The van der Waals surface area contributed by atoms with Crippen LogP contribution in [0.15, 0.2) is 30.9 Å². The molecule has 0 N–H and O–H groups in total. The van der Waals surface area contributed by atoms with Crippen molar-refractivity contribution in [2.24, 2.45) is 5.92 Å². The van der Waals surface area contributed by atoms with Crippen LogP contribution in [-0.4, -0.2) is 32.3 Å². The van der Waals surface area contributed by atoms with Gasteiger partial charge in [0.1, 0.15) is 18.3 Å². The largest absolute Gasteiger partial charge is 0.462 e. The predicted molar refractivity (Wildman–Crippen MR) is 77.8 cm³/mol. The Morgan fingerprint density at radius 2 is 2.23 bits per heavy atom. The summed E-state index contributed by atoms with van der Waals surface area (Å²) in [5.74, 6) is -0.161. The van der Waals surface area contributed by atoms with Crippen LogP contribution in [0.4, 0.5) is 5.69 Å². The SMILES string of the molecule is CC(C)CCOC(=O)c1ccc(-n2cncn2)c([N+](=O)[O-])c1. The van der Waals surface area contributed by atoms with E-state index in [1.807, 2.05) is 13.8 Å². The number of ether oxygens (including phenoxy) is 1. The van der Waals surface area contributed by atoms with Crippen molar-refractivity contribution in [1.82, 2.24) is 14.8 Å². The third-order valence-electron chi connectivity index (χ3n) is 3.00. The number of esters is 1. The first-order valence-electron chi connectivity index (χ1n) is 6.79. The zero-order valence-corrected chi connectivity index (χ0v) is 12.3. The lowest BCUT2D eigenvalue weighted by Gasteiger charge is -2.08. The topological polar surface area (TPSA) is 100 Å². The number of carbonyl (C=O) groups is 1. The van der Waals surface area contributed by atoms with Gasteiger partial charge in [0.15, 0.2) is 0 Å². The number of aromatic nitrogens is 3. The van der Waals surface area contributed by atoms with Gasteiger partial charge in [0, 0.05) is 6.07 Å². The van der Waals surface area contributed by atoms with E-state index in [0.717, 1.165) is 6.42 Å². The second kappa shape index (κ2) is 6.79. The molecule has 116 valence electrons. The first kappa shape index (κ1) is 15.6. The average molecular weight is 304 g/mol. The highest BCUT2D eigenvalue weighted by atomic mass is 16.6. The van der Waals surface area contributed by atoms with Crippen molar-refractivity contribution >= 4 is 11.7 Å². The minimum Gasteiger partial charge on any atom is -0.462 e. The van der Waals surface area contributed by atoms with Gasteiger partial charge in [-0.3, -0.25) is 10.1 Å². The van der Waals surface area contributed by atoms with Gasteiger partial charge in [-0.25, -0.2) is 14.5 Å². The van der Waals surface area contributed by atoms with Gasteiger partial charge in [0.05, 0.1) is 17.1 Å². The van der Waals surface area contributed by atoms with E-state index < -0.39 is 10.9 Å². The van der Waals surface area contributed by atoms with Gasteiger partial charge in [-0.05, 0) is 24.5 Å². The van der Waals surface area contributed by atoms with Crippen LogP contribution in [0, 0.1) is 16.0 Å². The first-order chi connectivity index (χ1) is 10.5. The first-order valence-corrected chi connectivity index (χ1v) is 6.79. The molecule has 0 fully saturated rings. The number of hydrogen-bond acceptors (Lipinski definition) is 6. The monoisotopic (exact) mass is 304 g/mol. The molecule has 22 heavy (non-hydrogen) atoms. The second-order valence-electron chi connectivity index (χ2n) is 5.12. The Kier molecular flexibility index (Phi) is 4.82. The molecule has 0 saturated carbocycles. The van der Waals surface area contributed by atoms with E-state index in [2.05, 4.69) is 10.1 Å². The van der Waals surface area contributed by atoms with Crippen molar-refractivity contribution in [2.75, 3.05) is 6.61 Å². The van der Waals surface area contributed by atoms with Gasteiger partial charge in [0.25, 0.3) is 5.69 Å². The zero-order valence-electron chi connectivity index (χ0n) is 12.3. The lowest BCUT2D eigenvalue weighted by Crippen LogP contribution is -2.09. The lowest BCUT2D eigenvalue weighted by molar-refractivity contribution is -0.384. The van der Waals surface area contributed by atoms with Gasteiger partial charge in [-0.15, -0.1) is 0 Å². The van der Waals surface area contributed by atoms with Gasteiger partial charge < -0.3 is 4.74 Å². The van der Waals surface area contributed by atoms with Crippen LogP contribution in [0.1, 0.15) is 30.6 Å². The van der Waals surface area contributed by atoms with Crippen molar-refractivity contribution < 1.29 is 14.5 Å². The van der Waals surface area contributed by atoms with Gasteiger partial charge in [-0.1, -0.05) is 13.8 Å². The standard InChI is InChI=1S/C14H16N4O4/c1-10(2)5-6-22-14(19)11-3-4-12(13(7-11)18(20)21)17-9-15-8-16-17/h3-4,7-10H,5-6H2,1-2H3. The summed E-state index contributed by atoms with van der Waals surface area (Å²) in [4.78, 5) is 26.3. The number of hydrogen-bond donors (Lipinski definition) is 0. The molecule has 1 heterocycles. The van der Waals surface area contributed by atoms with Crippen LogP contribution in [-0.2, 0) is 4.74 Å². The van der Waals surface area contributed by atoms with Crippen molar-refractivity contribution in [3.63, 3.8) is 0 Å². The number of benzene rings is 1. The summed E-state index contributed by atoms with van der Waals surface area (Å²) >= 11 is 0. The van der Waals surface area contributed by atoms with E-state index in [0.29, 0.717) is 5.92 Å².